The van der Waals surface area contributed by atoms with Crippen LogP contribution in [-0.4, -0.2) is 51.5 Å². The third-order valence-electron chi connectivity index (χ3n) is 9.36. The quantitative estimate of drug-likeness (QED) is 0.227. The summed E-state index contributed by atoms with van der Waals surface area (Å²) in [6.07, 6.45) is 8.48. The summed E-state index contributed by atoms with van der Waals surface area (Å²) in [5.74, 6) is -1.12. The minimum Gasteiger partial charge on any atom is -0.451 e. The van der Waals surface area contributed by atoms with Gasteiger partial charge in [-0.3, -0.25) is 4.79 Å². The number of aliphatic hydroxyl groups excluding tert-OH is 2. The van der Waals surface area contributed by atoms with Crippen molar-refractivity contribution >= 4 is 11.8 Å². The van der Waals surface area contributed by atoms with E-state index in [1.807, 2.05) is 6.92 Å². The van der Waals surface area contributed by atoms with E-state index in [1.54, 1.807) is 25.2 Å². The number of fused-ring (bicyclic) bond motifs is 3. The lowest BCUT2D eigenvalue weighted by Crippen LogP contribution is -2.65. The van der Waals surface area contributed by atoms with Gasteiger partial charge in [0, 0.05) is 12.0 Å². The van der Waals surface area contributed by atoms with Crippen molar-refractivity contribution < 1.29 is 29.6 Å². The average Bonchev–Trinajstić information content (AvgIpc) is 3.27. The predicted molar refractivity (Wildman–Crippen MR) is 129 cm³/mol. The molecule has 0 radical (unpaired) electrons. The maximum absolute atomic E-state index is 14.3. The summed E-state index contributed by atoms with van der Waals surface area (Å²) in [4.78, 5) is 27.0. The van der Waals surface area contributed by atoms with Gasteiger partial charge in [-0.15, -0.1) is 0 Å². The zero-order valence-electron chi connectivity index (χ0n) is 21.1. The summed E-state index contributed by atoms with van der Waals surface area (Å²) in [5, 5.41) is 33.9. The molecule has 34 heavy (non-hydrogen) atoms. The van der Waals surface area contributed by atoms with Crippen molar-refractivity contribution in [2.45, 2.75) is 84.5 Å². The third-order valence-corrected chi connectivity index (χ3v) is 9.36. The summed E-state index contributed by atoms with van der Waals surface area (Å²) in [5.41, 5.74) is -2.72. The molecule has 0 saturated heterocycles. The molecule has 1 spiro atoms. The van der Waals surface area contributed by atoms with E-state index >= 15 is 0 Å². The van der Waals surface area contributed by atoms with Crippen molar-refractivity contribution in [1.82, 2.24) is 0 Å². The van der Waals surface area contributed by atoms with E-state index < -0.39 is 41.7 Å². The maximum Gasteiger partial charge on any atom is 0.331 e. The molecule has 0 unspecified atom stereocenters. The maximum atomic E-state index is 14.3. The lowest BCUT2D eigenvalue weighted by molar-refractivity contribution is -0.201. The average molecular weight is 473 g/mol. The molecule has 3 N–H and O–H groups in total. The Hall–Kier alpha value is -1.76. The van der Waals surface area contributed by atoms with Crippen molar-refractivity contribution in [2.24, 2.45) is 34.5 Å². The van der Waals surface area contributed by atoms with Gasteiger partial charge in [-0.25, -0.2) is 4.79 Å². The highest BCUT2D eigenvalue weighted by Crippen LogP contribution is 2.71. The summed E-state index contributed by atoms with van der Waals surface area (Å²) < 4.78 is 5.76. The molecule has 2 bridgehead atoms. The molecular formula is C28H40O6. The highest BCUT2D eigenvalue weighted by molar-refractivity contribution is 5.95. The molecule has 0 heterocycles. The van der Waals surface area contributed by atoms with Gasteiger partial charge in [0.15, 0.2) is 17.5 Å². The van der Waals surface area contributed by atoms with Crippen molar-refractivity contribution in [1.29, 1.82) is 0 Å². The molecule has 8 atom stereocenters. The molecular weight excluding hydrogens is 432 g/mol. The summed E-state index contributed by atoms with van der Waals surface area (Å²) in [7, 11) is 0. The van der Waals surface area contributed by atoms with E-state index in [9.17, 15) is 24.9 Å². The molecule has 0 amide bonds. The van der Waals surface area contributed by atoms with E-state index in [0.29, 0.717) is 11.5 Å². The Morgan fingerprint density at radius 3 is 2.65 bits per heavy atom. The second-order valence-corrected chi connectivity index (χ2v) is 11.6. The van der Waals surface area contributed by atoms with E-state index in [1.165, 1.54) is 6.08 Å². The van der Waals surface area contributed by atoms with Gasteiger partial charge in [0.05, 0.1) is 12.0 Å². The predicted octanol–water partition coefficient (Wildman–Crippen LogP) is 3.50. The minimum absolute atomic E-state index is 0.0214. The number of unbranched alkanes of at least 4 members (excludes halogenated alkanes) is 3. The van der Waals surface area contributed by atoms with Crippen LogP contribution in [0.2, 0.25) is 0 Å². The van der Waals surface area contributed by atoms with E-state index in [-0.39, 0.29) is 28.6 Å². The largest absolute Gasteiger partial charge is 0.451 e. The number of hydrogen-bond acceptors (Lipinski definition) is 6. The number of hydrogen-bond donors (Lipinski definition) is 3. The van der Waals surface area contributed by atoms with Crippen molar-refractivity contribution in [3.05, 3.63) is 35.5 Å². The van der Waals surface area contributed by atoms with Crippen LogP contribution in [0.25, 0.3) is 0 Å². The number of ketones is 1. The number of esters is 1. The third kappa shape index (κ3) is 3.40. The van der Waals surface area contributed by atoms with Crippen LogP contribution >= 0.6 is 0 Å². The van der Waals surface area contributed by atoms with Crippen LogP contribution < -0.4 is 0 Å². The molecule has 0 aliphatic heterocycles. The summed E-state index contributed by atoms with van der Waals surface area (Å²) >= 11 is 0. The number of ether oxygens (including phenoxy) is 1. The van der Waals surface area contributed by atoms with Crippen LogP contribution in [0, 0.1) is 34.5 Å². The zero-order chi connectivity index (χ0) is 25.1. The first-order valence-corrected chi connectivity index (χ1v) is 12.8. The van der Waals surface area contributed by atoms with Crippen LogP contribution in [0.3, 0.4) is 0 Å². The first-order valence-electron chi connectivity index (χ1n) is 12.8. The number of carbonyl (C=O) groups excluding carboxylic acids is 2. The van der Waals surface area contributed by atoms with E-state index in [4.69, 9.17) is 4.74 Å². The fourth-order valence-corrected chi connectivity index (χ4v) is 7.44. The highest BCUT2D eigenvalue weighted by atomic mass is 16.6. The van der Waals surface area contributed by atoms with Gasteiger partial charge in [0.2, 0.25) is 0 Å². The van der Waals surface area contributed by atoms with Gasteiger partial charge in [0.1, 0.15) is 6.10 Å². The van der Waals surface area contributed by atoms with Crippen LogP contribution in [0.1, 0.15) is 66.7 Å². The summed E-state index contributed by atoms with van der Waals surface area (Å²) in [6, 6.07) is 0. The zero-order valence-corrected chi connectivity index (χ0v) is 21.1. The molecule has 6 heteroatoms. The number of carbonyl (C=O) groups is 2. The Kier molecular flexibility index (Phi) is 6.50. The van der Waals surface area contributed by atoms with Gasteiger partial charge >= 0.3 is 5.97 Å². The van der Waals surface area contributed by atoms with Crippen LogP contribution in [0.5, 0.6) is 0 Å². The molecule has 2 saturated carbocycles. The fraction of sp³-hybridized carbons (Fsp3) is 0.714. The highest BCUT2D eigenvalue weighted by Gasteiger charge is 2.76. The van der Waals surface area contributed by atoms with Crippen LogP contribution in [0.15, 0.2) is 35.5 Å². The lowest BCUT2D eigenvalue weighted by atomic mass is 9.59. The first kappa shape index (κ1) is 25.3. The normalized spacial score (nSPS) is 42.3. The topological polar surface area (TPSA) is 104 Å². The Balaban J connectivity index is 1.73. The fourth-order valence-electron chi connectivity index (χ4n) is 7.44. The molecule has 188 valence electrons. The molecule has 4 rings (SSSR count). The van der Waals surface area contributed by atoms with Crippen molar-refractivity contribution in [3.8, 4) is 0 Å². The van der Waals surface area contributed by atoms with E-state index in [2.05, 4.69) is 20.8 Å². The Morgan fingerprint density at radius 1 is 1.29 bits per heavy atom. The van der Waals surface area contributed by atoms with E-state index in [0.717, 1.165) is 32.1 Å². The standard InChI is InChI=1S/C28H40O6/c1-6-7-8-9-10-11-21(30)34-25-16(2)14-27-17(3)12-20-22(26(20,4)5)19(24(27)32)13-18(15-29)23(31)28(25,27)33/h10-11,13-14,17,19-20,22-23,25,29,31,33H,6-9,12,15H2,1-5H3/b11-10+/t17-,19+,20-,22+,23-,25+,27+,28+/m1/s1. The molecule has 0 aromatic rings. The SMILES string of the molecule is CCCCC/C=C/C(=O)O[C@H]1C(C)=C[C@]23C(=O)[C@@H](C=C(CO)[C@@H](O)[C@]12O)[C@H]1[C@@H](C[C@H]3C)C1(C)C. The smallest absolute Gasteiger partial charge is 0.331 e. The monoisotopic (exact) mass is 472 g/mol. The van der Waals surface area contributed by atoms with Crippen molar-refractivity contribution in [2.75, 3.05) is 6.61 Å². The Labute approximate surface area is 202 Å². The second kappa shape index (κ2) is 8.72. The number of rotatable bonds is 7. The van der Waals surface area contributed by atoms with Gasteiger partial charge in [-0.1, -0.05) is 58.8 Å². The molecule has 0 aromatic carbocycles. The second-order valence-electron chi connectivity index (χ2n) is 11.6. The number of allylic oxidation sites excluding steroid dienone is 2. The van der Waals surface area contributed by atoms with Gasteiger partial charge in [-0.05, 0) is 60.5 Å². The molecule has 0 aromatic heterocycles. The van der Waals surface area contributed by atoms with Crippen LogP contribution in [0.4, 0.5) is 0 Å². The van der Waals surface area contributed by atoms with Gasteiger partial charge in [-0.2, -0.15) is 0 Å². The molecule has 6 nitrogen and oxygen atoms in total. The molecule has 4 aliphatic carbocycles. The molecule has 2 fully saturated rings. The minimum atomic E-state index is -2.08. The Bertz CT molecular complexity index is 945. The number of aliphatic hydroxyl groups is 3. The van der Waals surface area contributed by atoms with Gasteiger partial charge in [0.25, 0.3) is 0 Å². The summed E-state index contributed by atoms with van der Waals surface area (Å²) in [6.45, 7) is 9.65. The van der Waals surface area contributed by atoms with Crippen LogP contribution in [-0.2, 0) is 14.3 Å². The Morgan fingerprint density at radius 2 is 2.00 bits per heavy atom. The molecule has 4 aliphatic rings. The lowest BCUT2D eigenvalue weighted by Gasteiger charge is -2.48. The van der Waals surface area contributed by atoms with Gasteiger partial charge < -0.3 is 20.1 Å². The van der Waals surface area contributed by atoms with Crippen molar-refractivity contribution in [3.63, 3.8) is 0 Å². The first-order chi connectivity index (χ1) is 16.0. The number of Topliss-reactive ketones (excluding diaryl/α,β-unsaturated/α-hetero) is 1.